The molecule has 30 heavy (non-hydrogen) atoms. The van der Waals surface area contributed by atoms with Gasteiger partial charge in [-0.3, -0.25) is 0 Å². The molecule has 4 nitrogen and oxygen atoms in total. The highest BCUT2D eigenvalue weighted by Gasteiger charge is 2.32. The smallest absolute Gasteiger partial charge is 0.416 e. The average Bonchev–Trinajstić information content (AvgIpc) is 3.14. The summed E-state index contributed by atoms with van der Waals surface area (Å²) in [5, 5.41) is 2.14. The molecular formula is C23H24F3N2O2+. The van der Waals surface area contributed by atoms with Gasteiger partial charge in [-0.05, 0) is 44.2 Å². The van der Waals surface area contributed by atoms with Gasteiger partial charge in [0.05, 0.1) is 30.2 Å². The Hall–Kier alpha value is -2.93. The molecule has 0 fully saturated rings. The van der Waals surface area contributed by atoms with E-state index in [0.717, 1.165) is 34.6 Å². The summed E-state index contributed by atoms with van der Waals surface area (Å²) in [4.78, 5) is 0. The molecule has 0 aliphatic carbocycles. The van der Waals surface area contributed by atoms with Crippen molar-refractivity contribution in [2.24, 2.45) is 0 Å². The number of hydrogen-bond donors (Lipinski definition) is 1. The zero-order valence-corrected chi connectivity index (χ0v) is 16.9. The summed E-state index contributed by atoms with van der Waals surface area (Å²) in [7, 11) is 0. The molecule has 1 aromatic heterocycles. The number of benzene rings is 2. The first-order chi connectivity index (χ1) is 14.4. The molecule has 0 saturated heterocycles. The minimum atomic E-state index is -4.34. The van der Waals surface area contributed by atoms with Crippen molar-refractivity contribution < 1.29 is 28.0 Å². The van der Waals surface area contributed by atoms with E-state index in [1.165, 1.54) is 0 Å². The van der Waals surface area contributed by atoms with Crippen LogP contribution in [0, 0.1) is 0 Å². The van der Waals surface area contributed by atoms with Crippen molar-refractivity contribution in [2.75, 3.05) is 13.2 Å². The van der Waals surface area contributed by atoms with Crippen molar-refractivity contribution in [1.82, 2.24) is 4.57 Å². The summed E-state index contributed by atoms with van der Waals surface area (Å²) < 4.78 is 52.5. The molecule has 4 rings (SSSR count). The van der Waals surface area contributed by atoms with Crippen LogP contribution in [0.2, 0.25) is 0 Å². The molecule has 0 radical (unpaired) electrons. The third kappa shape index (κ3) is 3.77. The molecular weight excluding hydrogens is 393 g/mol. The van der Waals surface area contributed by atoms with Gasteiger partial charge in [0.15, 0.2) is 17.5 Å². The fraction of sp³-hybridized carbons (Fsp3) is 0.304. The summed E-state index contributed by atoms with van der Waals surface area (Å²) in [6.45, 7) is 5.58. The van der Waals surface area contributed by atoms with Crippen molar-refractivity contribution in [2.45, 2.75) is 32.6 Å². The molecule has 0 unspecified atom stereocenters. The van der Waals surface area contributed by atoms with Crippen molar-refractivity contribution >= 4 is 0 Å². The topological polar surface area (TPSA) is 40.0 Å². The second-order valence-corrected chi connectivity index (χ2v) is 7.13. The number of hydrogen-bond acceptors (Lipinski definition) is 2. The van der Waals surface area contributed by atoms with Gasteiger partial charge in [-0.15, -0.1) is 0 Å². The van der Waals surface area contributed by atoms with Crippen molar-refractivity contribution in [3.63, 3.8) is 0 Å². The first-order valence-electron chi connectivity index (χ1n) is 10.0. The van der Waals surface area contributed by atoms with Crippen LogP contribution in [0.15, 0.2) is 54.7 Å². The first kappa shape index (κ1) is 20.3. The third-order valence-corrected chi connectivity index (χ3v) is 5.27. The Morgan fingerprint density at radius 3 is 2.30 bits per heavy atom. The van der Waals surface area contributed by atoms with E-state index in [4.69, 9.17) is 9.47 Å². The summed E-state index contributed by atoms with van der Waals surface area (Å²) >= 11 is 0. The maximum atomic E-state index is 13.0. The van der Waals surface area contributed by atoms with Crippen LogP contribution in [0.25, 0.3) is 5.69 Å². The zero-order chi connectivity index (χ0) is 21.3. The summed E-state index contributed by atoms with van der Waals surface area (Å²) in [5.41, 5.74) is 3.26. The van der Waals surface area contributed by atoms with Gasteiger partial charge >= 0.3 is 6.18 Å². The quantitative estimate of drug-likeness (QED) is 0.666. The molecule has 1 aliphatic rings. The van der Waals surface area contributed by atoms with Crippen molar-refractivity contribution in [3.05, 3.63) is 77.1 Å². The second-order valence-electron chi connectivity index (χ2n) is 7.13. The lowest BCUT2D eigenvalue weighted by Crippen LogP contribution is -2.83. The van der Waals surface area contributed by atoms with E-state index in [9.17, 15) is 13.2 Å². The van der Waals surface area contributed by atoms with Gasteiger partial charge in [0.2, 0.25) is 0 Å². The molecule has 158 valence electrons. The maximum absolute atomic E-state index is 13.0. The van der Waals surface area contributed by atoms with Gasteiger partial charge in [0.1, 0.15) is 6.54 Å². The molecule has 7 heteroatoms. The fourth-order valence-corrected chi connectivity index (χ4v) is 3.93. The Kier molecular flexibility index (Phi) is 5.47. The highest BCUT2D eigenvalue weighted by molar-refractivity contribution is 5.56. The highest BCUT2D eigenvalue weighted by Crippen LogP contribution is 2.36. The Labute approximate surface area is 173 Å². The fourth-order valence-electron chi connectivity index (χ4n) is 3.93. The predicted octanol–water partition coefficient (Wildman–Crippen LogP) is 4.46. The van der Waals surface area contributed by atoms with E-state index >= 15 is 0 Å². The lowest BCUT2D eigenvalue weighted by atomic mass is 10.0. The minimum Gasteiger partial charge on any atom is -0.490 e. The van der Waals surface area contributed by atoms with E-state index in [1.807, 2.05) is 44.3 Å². The lowest BCUT2D eigenvalue weighted by Gasteiger charge is -2.16. The van der Waals surface area contributed by atoms with Gasteiger partial charge < -0.3 is 19.4 Å². The molecule has 2 heterocycles. The number of nitrogens with zero attached hydrogens (tertiary/aromatic N) is 1. The number of ether oxygens (including phenoxy) is 2. The minimum absolute atomic E-state index is 0.124. The lowest BCUT2D eigenvalue weighted by molar-refractivity contribution is -0.702. The number of alkyl halides is 3. The largest absolute Gasteiger partial charge is 0.490 e. The average molecular weight is 417 g/mol. The monoisotopic (exact) mass is 417 g/mol. The number of rotatable bonds is 5. The van der Waals surface area contributed by atoms with Gasteiger partial charge in [-0.25, -0.2) is 0 Å². The van der Waals surface area contributed by atoms with E-state index in [-0.39, 0.29) is 6.04 Å². The van der Waals surface area contributed by atoms with Crippen molar-refractivity contribution in [3.8, 4) is 17.2 Å². The van der Waals surface area contributed by atoms with E-state index < -0.39 is 11.7 Å². The molecule has 2 aromatic carbocycles. The zero-order valence-electron chi connectivity index (χ0n) is 16.9. The molecule has 1 atom stereocenters. The van der Waals surface area contributed by atoms with E-state index in [2.05, 4.69) is 9.88 Å². The van der Waals surface area contributed by atoms with Gasteiger partial charge in [-0.2, -0.15) is 13.2 Å². The standard InChI is InChI=1S/C23H23F3N2O2/c1-3-29-20-12-16-14-27-22(15-7-9-17(10-8-15)23(24,25)26)18-6-5-11-28(18)19(16)13-21(20)30-4-2/h5-13,22,27H,3-4,14H2,1-2H3/p+1/t22-/m0/s1. The number of nitrogens with two attached hydrogens (primary N) is 1. The Balaban J connectivity index is 1.76. The highest BCUT2D eigenvalue weighted by atomic mass is 19.4. The number of fused-ring (bicyclic) bond motifs is 3. The molecule has 0 spiro atoms. The van der Waals surface area contributed by atoms with Crippen molar-refractivity contribution in [1.29, 1.82) is 0 Å². The molecule has 3 aromatic rings. The van der Waals surface area contributed by atoms with Crippen LogP contribution >= 0.6 is 0 Å². The van der Waals surface area contributed by atoms with Crippen LogP contribution in [-0.4, -0.2) is 17.8 Å². The summed E-state index contributed by atoms with van der Waals surface area (Å²) in [5.74, 6) is 1.39. The van der Waals surface area contributed by atoms with E-state index in [0.29, 0.717) is 31.3 Å². The maximum Gasteiger partial charge on any atom is 0.416 e. The number of halogens is 3. The first-order valence-corrected chi connectivity index (χ1v) is 10.0. The van der Waals surface area contributed by atoms with Crippen LogP contribution < -0.4 is 14.8 Å². The van der Waals surface area contributed by atoms with E-state index in [1.54, 1.807) is 12.1 Å². The van der Waals surface area contributed by atoms with Gasteiger partial charge in [-0.1, -0.05) is 12.1 Å². The molecule has 0 amide bonds. The number of aromatic nitrogens is 1. The normalized spacial score (nSPS) is 15.8. The molecule has 2 N–H and O–H groups in total. The molecule has 0 bridgehead atoms. The van der Waals surface area contributed by atoms with Gasteiger partial charge in [0.25, 0.3) is 0 Å². The molecule has 0 saturated carbocycles. The Bertz CT molecular complexity index is 1030. The van der Waals surface area contributed by atoms with Crippen LogP contribution in [0.5, 0.6) is 11.5 Å². The van der Waals surface area contributed by atoms with Crippen LogP contribution in [0.4, 0.5) is 13.2 Å². The summed E-state index contributed by atoms with van der Waals surface area (Å²) in [6, 6.07) is 13.2. The number of quaternary nitrogens is 1. The second kappa shape index (κ2) is 8.07. The van der Waals surface area contributed by atoms with Gasteiger partial charge in [0, 0.05) is 23.4 Å². The summed E-state index contributed by atoms with van der Waals surface area (Å²) in [6.07, 6.45) is -2.37. The Morgan fingerprint density at radius 2 is 1.67 bits per heavy atom. The van der Waals surface area contributed by atoms with Crippen LogP contribution in [-0.2, 0) is 12.7 Å². The predicted molar refractivity (Wildman–Crippen MR) is 107 cm³/mol. The Morgan fingerprint density at radius 1 is 1.00 bits per heavy atom. The van der Waals surface area contributed by atoms with Crippen LogP contribution in [0.1, 0.15) is 42.3 Å². The SMILES string of the molecule is CCOc1cc2c(cc1OCC)-n1cccc1[C@H](c1ccc(C(F)(F)F)cc1)[NH2+]C2. The van der Waals surface area contributed by atoms with Crippen LogP contribution in [0.3, 0.4) is 0 Å². The molecule has 1 aliphatic heterocycles. The third-order valence-electron chi connectivity index (χ3n) is 5.27.